The first-order valence-corrected chi connectivity index (χ1v) is 9.37. The van der Waals surface area contributed by atoms with Crippen LogP contribution in [0.1, 0.15) is 15.2 Å². The number of carbonyl (C=O) groups excluding carboxylic acids is 2. The first-order chi connectivity index (χ1) is 12.7. The number of fused-ring (bicyclic) bond motifs is 1. The van der Waals surface area contributed by atoms with Crippen molar-refractivity contribution >= 4 is 28.8 Å². The zero-order valence-corrected chi connectivity index (χ0v) is 15.0. The summed E-state index contributed by atoms with van der Waals surface area (Å²) in [5.41, 5.74) is 1.40. The quantitative estimate of drug-likeness (QED) is 0.768. The van der Waals surface area contributed by atoms with Crippen LogP contribution in [0.25, 0.3) is 5.52 Å². The van der Waals surface area contributed by atoms with Gasteiger partial charge in [0, 0.05) is 37.3 Å². The average molecular weight is 369 g/mol. The Kier molecular flexibility index (Phi) is 4.57. The maximum Gasteiger partial charge on any atom is 0.317 e. The third-order valence-corrected chi connectivity index (χ3v) is 5.38. The van der Waals surface area contributed by atoms with Crippen molar-refractivity contribution in [3.05, 3.63) is 58.5 Å². The molecule has 134 valence electrons. The summed E-state index contributed by atoms with van der Waals surface area (Å²) in [6, 6.07) is 9.54. The molecule has 1 fully saturated rings. The third kappa shape index (κ3) is 3.28. The fraction of sp³-hybridized carbons (Fsp3) is 0.278. The minimum Gasteiger partial charge on any atom is -0.335 e. The van der Waals surface area contributed by atoms with Crippen LogP contribution in [0, 0.1) is 0 Å². The summed E-state index contributed by atoms with van der Waals surface area (Å²) in [5, 5.41) is 9.15. The Bertz CT molecular complexity index is 913. The van der Waals surface area contributed by atoms with E-state index in [0.717, 1.165) is 10.4 Å². The molecular formula is C18H19N5O2S. The number of aromatic nitrogens is 2. The van der Waals surface area contributed by atoms with E-state index >= 15 is 0 Å². The van der Waals surface area contributed by atoms with Crippen molar-refractivity contribution in [3.63, 3.8) is 0 Å². The van der Waals surface area contributed by atoms with Crippen LogP contribution in [-0.4, -0.2) is 57.5 Å². The highest BCUT2D eigenvalue weighted by Gasteiger charge is 2.26. The van der Waals surface area contributed by atoms with Gasteiger partial charge in [0.05, 0.1) is 23.8 Å². The molecule has 1 aliphatic heterocycles. The molecule has 1 aliphatic rings. The second-order valence-electron chi connectivity index (χ2n) is 6.11. The Labute approximate surface area is 154 Å². The smallest absolute Gasteiger partial charge is 0.317 e. The molecule has 4 rings (SSSR count). The maximum absolute atomic E-state index is 12.8. The molecule has 0 spiro atoms. The van der Waals surface area contributed by atoms with E-state index in [-0.39, 0.29) is 11.9 Å². The van der Waals surface area contributed by atoms with Gasteiger partial charge in [-0.2, -0.15) is 5.10 Å². The number of carbonyl (C=O) groups is 2. The second kappa shape index (κ2) is 7.17. The lowest BCUT2D eigenvalue weighted by atomic mass is 10.2. The van der Waals surface area contributed by atoms with Gasteiger partial charge in [-0.05, 0) is 23.6 Å². The molecule has 1 N–H and O–H groups in total. The van der Waals surface area contributed by atoms with Gasteiger partial charge in [0.2, 0.25) is 0 Å². The molecule has 4 heterocycles. The van der Waals surface area contributed by atoms with Gasteiger partial charge in [0.15, 0.2) is 0 Å². The summed E-state index contributed by atoms with van der Waals surface area (Å²) in [7, 11) is 0. The van der Waals surface area contributed by atoms with Crippen molar-refractivity contribution in [1.82, 2.24) is 24.7 Å². The van der Waals surface area contributed by atoms with E-state index in [9.17, 15) is 9.59 Å². The van der Waals surface area contributed by atoms with E-state index in [0.29, 0.717) is 38.3 Å². The van der Waals surface area contributed by atoms with Crippen LogP contribution < -0.4 is 5.32 Å². The normalized spacial score (nSPS) is 14.6. The standard InChI is InChI=1S/C18H19N5O2S/c24-17(15-13-20-23-6-2-1-5-16(15)23)21-7-9-22(10-8-21)18(25)19-12-14-4-3-11-26-14/h1-6,11,13H,7-10,12H2,(H,19,25). The van der Waals surface area contributed by atoms with Crippen LogP contribution in [0.3, 0.4) is 0 Å². The Morgan fingerprint density at radius 1 is 1.08 bits per heavy atom. The Hall–Kier alpha value is -2.87. The van der Waals surface area contributed by atoms with Gasteiger partial charge in [-0.15, -0.1) is 11.3 Å². The molecule has 0 aliphatic carbocycles. The molecule has 0 aromatic carbocycles. The summed E-state index contributed by atoms with van der Waals surface area (Å²) in [6.07, 6.45) is 3.43. The Morgan fingerprint density at radius 3 is 2.65 bits per heavy atom. The predicted octanol–water partition coefficient (Wildman–Crippen LogP) is 2.06. The highest BCUT2D eigenvalue weighted by atomic mass is 32.1. The summed E-state index contributed by atoms with van der Waals surface area (Å²) in [5.74, 6) is -0.0372. The highest BCUT2D eigenvalue weighted by molar-refractivity contribution is 7.09. The zero-order chi connectivity index (χ0) is 17.9. The number of amides is 3. The second-order valence-corrected chi connectivity index (χ2v) is 7.14. The van der Waals surface area contributed by atoms with E-state index in [4.69, 9.17) is 0 Å². The minimum atomic E-state index is -0.0820. The van der Waals surface area contributed by atoms with Crippen LogP contribution in [-0.2, 0) is 6.54 Å². The van der Waals surface area contributed by atoms with Gasteiger partial charge >= 0.3 is 6.03 Å². The van der Waals surface area contributed by atoms with Crippen LogP contribution >= 0.6 is 11.3 Å². The van der Waals surface area contributed by atoms with Gasteiger partial charge < -0.3 is 15.1 Å². The average Bonchev–Trinajstić information content (AvgIpc) is 3.35. The number of hydrogen-bond acceptors (Lipinski definition) is 4. The van der Waals surface area contributed by atoms with Crippen LogP contribution in [0.4, 0.5) is 4.79 Å². The molecule has 3 aromatic rings. The van der Waals surface area contributed by atoms with Gasteiger partial charge in [0.1, 0.15) is 0 Å². The van der Waals surface area contributed by atoms with Crippen molar-refractivity contribution < 1.29 is 9.59 Å². The zero-order valence-electron chi connectivity index (χ0n) is 14.2. The largest absolute Gasteiger partial charge is 0.335 e. The molecule has 8 heteroatoms. The van der Waals surface area contributed by atoms with Crippen molar-refractivity contribution in [3.8, 4) is 0 Å². The van der Waals surface area contributed by atoms with Crippen molar-refractivity contribution in [1.29, 1.82) is 0 Å². The Balaban J connectivity index is 1.34. The summed E-state index contributed by atoms with van der Waals surface area (Å²) >= 11 is 1.62. The molecular weight excluding hydrogens is 350 g/mol. The Morgan fingerprint density at radius 2 is 1.88 bits per heavy atom. The molecule has 0 atom stereocenters. The predicted molar refractivity (Wildman–Crippen MR) is 99.2 cm³/mol. The lowest BCUT2D eigenvalue weighted by Crippen LogP contribution is -2.53. The number of urea groups is 1. The monoisotopic (exact) mass is 369 g/mol. The van der Waals surface area contributed by atoms with Crippen LogP contribution in [0.15, 0.2) is 48.1 Å². The number of rotatable bonds is 3. The molecule has 26 heavy (non-hydrogen) atoms. The molecule has 7 nitrogen and oxygen atoms in total. The van der Waals surface area contributed by atoms with E-state index in [2.05, 4.69) is 10.4 Å². The number of nitrogens with zero attached hydrogens (tertiary/aromatic N) is 4. The fourth-order valence-electron chi connectivity index (χ4n) is 3.07. The lowest BCUT2D eigenvalue weighted by Gasteiger charge is -2.34. The molecule has 0 unspecified atom stereocenters. The lowest BCUT2D eigenvalue weighted by molar-refractivity contribution is 0.0667. The fourth-order valence-corrected chi connectivity index (χ4v) is 3.71. The third-order valence-electron chi connectivity index (χ3n) is 4.50. The summed E-state index contributed by atoms with van der Waals surface area (Å²) < 4.78 is 1.70. The summed E-state index contributed by atoms with van der Waals surface area (Å²) in [6.45, 7) is 2.64. The molecule has 3 aromatic heterocycles. The van der Waals surface area contributed by atoms with Crippen LogP contribution in [0.2, 0.25) is 0 Å². The number of piperazine rings is 1. The molecule has 0 saturated carbocycles. The molecule has 0 radical (unpaired) electrons. The number of thiophene rings is 1. The first kappa shape index (κ1) is 16.6. The van der Waals surface area contributed by atoms with E-state index in [1.807, 2.05) is 41.9 Å². The number of hydrogen-bond donors (Lipinski definition) is 1. The van der Waals surface area contributed by atoms with Crippen molar-refractivity contribution in [2.75, 3.05) is 26.2 Å². The molecule has 3 amide bonds. The number of nitrogens with one attached hydrogen (secondary N) is 1. The molecule has 0 bridgehead atoms. The van der Waals surface area contributed by atoms with E-state index in [1.165, 1.54) is 0 Å². The topological polar surface area (TPSA) is 70.0 Å². The van der Waals surface area contributed by atoms with Crippen molar-refractivity contribution in [2.24, 2.45) is 0 Å². The van der Waals surface area contributed by atoms with Gasteiger partial charge in [-0.25, -0.2) is 9.31 Å². The van der Waals surface area contributed by atoms with Gasteiger partial charge in [0.25, 0.3) is 5.91 Å². The van der Waals surface area contributed by atoms with Crippen LogP contribution in [0.5, 0.6) is 0 Å². The first-order valence-electron chi connectivity index (χ1n) is 8.49. The van der Waals surface area contributed by atoms with E-state index in [1.54, 1.807) is 31.8 Å². The van der Waals surface area contributed by atoms with Crippen molar-refractivity contribution in [2.45, 2.75) is 6.54 Å². The van der Waals surface area contributed by atoms with Gasteiger partial charge in [-0.1, -0.05) is 12.1 Å². The van der Waals surface area contributed by atoms with E-state index < -0.39 is 0 Å². The minimum absolute atomic E-state index is 0.0372. The molecule has 1 saturated heterocycles. The maximum atomic E-state index is 12.8. The number of pyridine rings is 1. The highest BCUT2D eigenvalue weighted by Crippen LogP contribution is 2.15. The summed E-state index contributed by atoms with van der Waals surface area (Å²) in [4.78, 5) is 29.7. The SMILES string of the molecule is O=C(NCc1cccs1)N1CCN(C(=O)c2cnn3ccccc23)CC1. The van der Waals surface area contributed by atoms with Gasteiger partial charge in [-0.3, -0.25) is 4.79 Å².